The number of aliphatic imine (C=N–C) groups is 1. The van der Waals surface area contributed by atoms with Crippen molar-refractivity contribution in [2.75, 3.05) is 20.3 Å². The number of pyridine rings is 1. The molecule has 10 heteroatoms. The van der Waals surface area contributed by atoms with Gasteiger partial charge in [0.2, 0.25) is 16.0 Å². The standard InChI is InChI=1S/C18H17ClN4O3S2/c1-3-4-11-5-12(8-21-7-11)14-6-13(19)16(27-14)18-10-26-9-15(18)28(24,25)23(2)17(20)22-18/h5-8,15H,9-10H2,1-2H3,(H2,20,22)/t15?,18-/m0/s1. The highest BCUT2D eigenvalue weighted by molar-refractivity contribution is 7.90. The summed E-state index contributed by atoms with van der Waals surface area (Å²) in [6.07, 6.45) is 3.40. The van der Waals surface area contributed by atoms with Gasteiger partial charge >= 0.3 is 0 Å². The zero-order valence-electron chi connectivity index (χ0n) is 15.1. The number of fused-ring (bicyclic) bond motifs is 1. The van der Waals surface area contributed by atoms with E-state index < -0.39 is 20.8 Å². The molecule has 0 aliphatic carbocycles. The smallest absolute Gasteiger partial charge is 0.245 e. The molecule has 0 amide bonds. The first-order valence-electron chi connectivity index (χ1n) is 8.38. The van der Waals surface area contributed by atoms with Gasteiger partial charge in [-0.15, -0.1) is 17.3 Å². The summed E-state index contributed by atoms with van der Waals surface area (Å²) >= 11 is 7.93. The minimum absolute atomic E-state index is 0.0378. The van der Waals surface area contributed by atoms with Crippen LogP contribution < -0.4 is 5.73 Å². The Morgan fingerprint density at radius 3 is 2.96 bits per heavy atom. The second kappa shape index (κ2) is 6.74. The van der Waals surface area contributed by atoms with Crippen LogP contribution in [0.15, 0.2) is 29.5 Å². The first-order chi connectivity index (χ1) is 13.3. The fourth-order valence-electron chi connectivity index (χ4n) is 3.44. The molecule has 28 heavy (non-hydrogen) atoms. The van der Waals surface area contributed by atoms with E-state index >= 15 is 0 Å². The topological polar surface area (TPSA) is 97.9 Å². The SMILES string of the molecule is CC#Cc1cncc(-c2cc(Cl)c([C@]34COCC3S(=O)(=O)N(C)C(N)=N4)s2)c1. The molecule has 2 aliphatic rings. The van der Waals surface area contributed by atoms with Gasteiger partial charge in [0.05, 0.1) is 23.1 Å². The van der Waals surface area contributed by atoms with Gasteiger partial charge in [-0.25, -0.2) is 17.7 Å². The van der Waals surface area contributed by atoms with Gasteiger partial charge in [-0.3, -0.25) is 4.98 Å². The Morgan fingerprint density at radius 1 is 1.43 bits per heavy atom. The molecule has 0 radical (unpaired) electrons. The van der Waals surface area contributed by atoms with Crippen molar-refractivity contribution >= 4 is 38.9 Å². The van der Waals surface area contributed by atoms with Crippen molar-refractivity contribution in [1.29, 1.82) is 0 Å². The number of nitrogens with zero attached hydrogens (tertiary/aromatic N) is 3. The maximum atomic E-state index is 12.9. The van der Waals surface area contributed by atoms with Crippen LogP contribution in [0, 0.1) is 11.8 Å². The highest BCUT2D eigenvalue weighted by atomic mass is 35.5. The van der Waals surface area contributed by atoms with E-state index in [0.717, 1.165) is 20.3 Å². The molecule has 2 aliphatic heterocycles. The molecule has 0 bridgehead atoms. The minimum Gasteiger partial charge on any atom is -0.377 e. The maximum absolute atomic E-state index is 12.9. The molecule has 4 heterocycles. The third-order valence-electron chi connectivity index (χ3n) is 4.87. The summed E-state index contributed by atoms with van der Waals surface area (Å²) in [4.78, 5) is 10.2. The molecule has 0 saturated carbocycles. The van der Waals surface area contributed by atoms with Crippen LogP contribution in [0.5, 0.6) is 0 Å². The molecule has 2 N–H and O–H groups in total. The van der Waals surface area contributed by atoms with Crippen LogP contribution in [0.1, 0.15) is 17.4 Å². The summed E-state index contributed by atoms with van der Waals surface area (Å²) in [5.41, 5.74) is 6.41. The van der Waals surface area contributed by atoms with E-state index in [9.17, 15) is 8.42 Å². The second-order valence-corrected chi connectivity index (χ2v) is 10.1. The number of aromatic nitrogens is 1. The van der Waals surface area contributed by atoms with Crippen LogP contribution in [0.2, 0.25) is 5.02 Å². The van der Waals surface area contributed by atoms with Gasteiger partial charge < -0.3 is 10.5 Å². The molecule has 1 saturated heterocycles. The Bertz CT molecular complexity index is 1150. The van der Waals surface area contributed by atoms with E-state index in [4.69, 9.17) is 22.1 Å². The number of sulfonamides is 1. The average molecular weight is 437 g/mol. The zero-order chi connectivity index (χ0) is 20.1. The van der Waals surface area contributed by atoms with Crippen LogP contribution in [0.4, 0.5) is 0 Å². The molecule has 7 nitrogen and oxygen atoms in total. The molecule has 0 aromatic carbocycles. The first-order valence-corrected chi connectivity index (χ1v) is 11.1. The Kier molecular flexibility index (Phi) is 4.62. The van der Waals surface area contributed by atoms with E-state index in [2.05, 4.69) is 21.8 Å². The lowest BCUT2D eigenvalue weighted by Crippen LogP contribution is -2.56. The normalized spacial score (nSPS) is 25.6. The first kappa shape index (κ1) is 19.2. The number of thiophene rings is 1. The fourth-order valence-corrected chi connectivity index (χ4v) is 6.86. The van der Waals surface area contributed by atoms with Crippen molar-refractivity contribution in [2.24, 2.45) is 10.7 Å². The van der Waals surface area contributed by atoms with Crippen molar-refractivity contribution in [3.63, 3.8) is 0 Å². The Labute approximate surface area is 172 Å². The van der Waals surface area contributed by atoms with Gasteiger partial charge in [0.25, 0.3) is 0 Å². The van der Waals surface area contributed by atoms with Crippen molar-refractivity contribution in [3.8, 4) is 22.3 Å². The van der Waals surface area contributed by atoms with Crippen molar-refractivity contribution in [1.82, 2.24) is 9.29 Å². The molecular weight excluding hydrogens is 420 g/mol. The lowest BCUT2D eigenvalue weighted by atomic mass is 9.96. The van der Waals surface area contributed by atoms with Crippen LogP contribution in [-0.4, -0.2) is 49.2 Å². The van der Waals surface area contributed by atoms with E-state index in [-0.39, 0.29) is 19.2 Å². The Morgan fingerprint density at radius 2 is 2.21 bits per heavy atom. The van der Waals surface area contributed by atoms with Crippen LogP contribution in [0.3, 0.4) is 0 Å². The summed E-state index contributed by atoms with van der Waals surface area (Å²) in [5.74, 6) is 5.75. The monoisotopic (exact) mass is 436 g/mol. The molecule has 4 rings (SSSR count). The van der Waals surface area contributed by atoms with Gasteiger partial charge in [-0.2, -0.15) is 0 Å². The Balaban J connectivity index is 1.86. The van der Waals surface area contributed by atoms with Crippen LogP contribution in [-0.2, 0) is 20.3 Å². The number of ether oxygens (including phenoxy) is 1. The highest BCUT2D eigenvalue weighted by Crippen LogP contribution is 2.49. The van der Waals surface area contributed by atoms with E-state index in [1.807, 2.05) is 6.07 Å². The van der Waals surface area contributed by atoms with Crippen LogP contribution >= 0.6 is 22.9 Å². The molecule has 1 unspecified atom stereocenters. The summed E-state index contributed by atoms with van der Waals surface area (Å²) in [7, 11) is -2.32. The quantitative estimate of drug-likeness (QED) is 0.726. The predicted octanol–water partition coefficient (Wildman–Crippen LogP) is 2.02. The van der Waals surface area contributed by atoms with E-state index in [0.29, 0.717) is 9.90 Å². The zero-order valence-corrected chi connectivity index (χ0v) is 17.5. The summed E-state index contributed by atoms with van der Waals surface area (Å²) in [6.45, 7) is 1.90. The largest absolute Gasteiger partial charge is 0.377 e. The molecule has 146 valence electrons. The second-order valence-electron chi connectivity index (χ2n) is 6.54. The minimum atomic E-state index is -3.71. The van der Waals surface area contributed by atoms with Crippen LogP contribution in [0.25, 0.3) is 10.4 Å². The number of halogens is 1. The highest BCUT2D eigenvalue weighted by Gasteiger charge is 2.58. The van der Waals surface area contributed by atoms with Gasteiger partial charge in [0.1, 0.15) is 10.8 Å². The van der Waals surface area contributed by atoms with Gasteiger partial charge in [-0.1, -0.05) is 17.5 Å². The van der Waals surface area contributed by atoms with Gasteiger partial charge in [0.15, 0.2) is 0 Å². The average Bonchev–Trinajstić information content (AvgIpc) is 3.26. The molecule has 2 aromatic heterocycles. The predicted molar refractivity (Wildman–Crippen MR) is 110 cm³/mol. The fraction of sp³-hybridized carbons (Fsp3) is 0.333. The maximum Gasteiger partial charge on any atom is 0.245 e. The third kappa shape index (κ3) is 2.79. The van der Waals surface area contributed by atoms with Crippen molar-refractivity contribution in [3.05, 3.63) is 40.0 Å². The molecule has 2 aromatic rings. The molecular formula is C18H17ClN4O3S2. The lowest BCUT2D eigenvalue weighted by molar-refractivity contribution is 0.179. The van der Waals surface area contributed by atoms with E-state index in [1.165, 1.54) is 18.4 Å². The molecule has 2 atom stereocenters. The lowest BCUT2D eigenvalue weighted by Gasteiger charge is -2.37. The summed E-state index contributed by atoms with van der Waals surface area (Å²) < 4.78 is 32.4. The molecule has 1 fully saturated rings. The molecule has 0 spiro atoms. The third-order valence-corrected chi connectivity index (χ3v) is 8.83. The summed E-state index contributed by atoms with van der Waals surface area (Å²) in [5, 5.41) is -0.449. The van der Waals surface area contributed by atoms with E-state index in [1.54, 1.807) is 25.4 Å². The number of hydrogen-bond acceptors (Lipinski definition) is 7. The van der Waals surface area contributed by atoms with Gasteiger partial charge in [0, 0.05) is 35.4 Å². The van der Waals surface area contributed by atoms with Crippen molar-refractivity contribution < 1.29 is 13.2 Å². The Hall–Kier alpha value is -2.12. The van der Waals surface area contributed by atoms with Gasteiger partial charge in [-0.05, 0) is 19.1 Å². The number of nitrogens with two attached hydrogens (primary N) is 1. The van der Waals surface area contributed by atoms with Crippen molar-refractivity contribution in [2.45, 2.75) is 17.7 Å². The number of rotatable bonds is 2. The summed E-state index contributed by atoms with van der Waals surface area (Å²) in [6, 6.07) is 3.71. The number of guanidine groups is 1. The number of hydrogen-bond donors (Lipinski definition) is 1.